The van der Waals surface area contributed by atoms with Gasteiger partial charge in [-0.2, -0.15) is 0 Å². The van der Waals surface area contributed by atoms with Crippen molar-refractivity contribution in [2.75, 3.05) is 0 Å². The number of hydrogen-bond donors (Lipinski definition) is 4. The molecule has 4 aliphatic carbocycles. The summed E-state index contributed by atoms with van der Waals surface area (Å²) in [7, 11) is 0. The van der Waals surface area contributed by atoms with Crippen molar-refractivity contribution in [3.63, 3.8) is 0 Å². The van der Waals surface area contributed by atoms with Crippen molar-refractivity contribution in [3.05, 3.63) is 0 Å². The minimum absolute atomic E-state index is 0.0565. The minimum atomic E-state index is -0.782. The molecule has 0 radical (unpaired) electrons. The first-order chi connectivity index (χ1) is 11.0. The quantitative estimate of drug-likeness (QED) is 0.545. The Balaban J connectivity index is 1.83. The van der Waals surface area contributed by atoms with E-state index in [-0.39, 0.29) is 28.1 Å². The van der Waals surface area contributed by atoms with Crippen molar-refractivity contribution in [2.45, 2.75) is 90.1 Å². The van der Waals surface area contributed by atoms with Crippen molar-refractivity contribution < 1.29 is 20.4 Å². The van der Waals surface area contributed by atoms with E-state index < -0.39 is 23.9 Å². The Labute approximate surface area is 145 Å². The molecule has 138 valence electrons. The maximum absolute atomic E-state index is 11.4. The molecule has 1 spiro atoms. The van der Waals surface area contributed by atoms with Gasteiger partial charge >= 0.3 is 0 Å². The lowest BCUT2D eigenvalue weighted by Gasteiger charge is -2.67. The Hall–Kier alpha value is -0.160. The molecule has 0 aromatic rings. The van der Waals surface area contributed by atoms with E-state index in [4.69, 9.17) is 0 Å². The van der Waals surface area contributed by atoms with E-state index in [0.29, 0.717) is 12.3 Å². The molecule has 0 aliphatic heterocycles. The molecule has 4 rings (SSSR count). The van der Waals surface area contributed by atoms with Crippen LogP contribution in [0, 0.1) is 34.0 Å². The van der Waals surface area contributed by atoms with Gasteiger partial charge in [0.05, 0.1) is 23.9 Å². The van der Waals surface area contributed by atoms with Crippen LogP contribution < -0.4 is 0 Å². The minimum Gasteiger partial charge on any atom is -0.392 e. The summed E-state index contributed by atoms with van der Waals surface area (Å²) in [6.07, 6.45) is 3.18. The SMILES string of the molecule is CC1(O)CCC23C(CCC4C(C)(C)C(O)C(O)CC42C)CC1C3O. The summed E-state index contributed by atoms with van der Waals surface area (Å²) in [6, 6.07) is 0. The molecule has 0 heterocycles. The molecular weight excluding hydrogens is 304 g/mol. The molecule has 4 fully saturated rings. The lowest BCUT2D eigenvalue weighted by Crippen LogP contribution is -2.68. The van der Waals surface area contributed by atoms with Crippen LogP contribution in [0.4, 0.5) is 0 Å². The standard InChI is InChI=1S/C20H34O4/c1-17(2)14-6-5-11-9-12-15(22)20(11,8-7-19(12,4)24)18(14,3)10-13(21)16(17)23/h11-16,21-24H,5-10H2,1-4H3. The third-order valence-corrected chi connectivity index (χ3v) is 9.31. The highest BCUT2D eigenvalue weighted by Crippen LogP contribution is 2.75. The van der Waals surface area contributed by atoms with E-state index in [0.717, 1.165) is 32.1 Å². The molecular formula is C20H34O4. The van der Waals surface area contributed by atoms with Gasteiger partial charge in [-0.05, 0) is 68.1 Å². The Kier molecular flexibility index (Phi) is 3.42. The van der Waals surface area contributed by atoms with Crippen molar-refractivity contribution in [2.24, 2.45) is 34.0 Å². The van der Waals surface area contributed by atoms with E-state index in [9.17, 15) is 20.4 Å². The first-order valence-electron chi connectivity index (χ1n) is 9.75. The van der Waals surface area contributed by atoms with Gasteiger partial charge in [0.15, 0.2) is 0 Å². The summed E-state index contributed by atoms with van der Waals surface area (Å²) in [6.45, 7) is 8.30. The number of aliphatic hydroxyl groups excluding tert-OH is 3. The summed E-state index contributed by atoms with van der Waals surface area (Å²) < 4.78 is 0. The van der Waals surface area contributed by atoms with Gasteiger partial charge in [0.1, 0.15) is 0 Å². The van der Waals surface area contributed by atoms with Crippen LogP contribution in [0.3, 0.4) is 0 Å². The molecule has 9 unspecified atom stereocenters. The maximum Gasteiger partial charge on any atom is 0.0852 e. The summed E-state index contributed by atoms with van der Waals surface area (Å²) >= 11 is 0. The van der Waals surface area contributed by atoms with Crippen LogP contribution >= 0.6 is 0 Å². The normalized spacial score (nSPS) is 62.0. The van der Waals surface area contributed by atoms with Gasteiger partial charge in [-0.25, -0.2) is 0 Å². The Bertz CT molecular complexity index is 544. The van der Waals surface area contributed by atoms with Crippen molar-refractivity contribution in [1.82, 2.24) is 0 Å². The predicted octanol–water partition coefficient (Wildman–Crippen LogP) is 2.08. The first-order valence-corrected chi connectivity index (χ1v) is 9.75. The summed E-state index contributed by atoms with van der Waals surface area (Å²) in [5, 5.41) is 43.4. The van der Waals surface area contributed by atoms with Crippen molar-refractivity contribution in [1.29, 1.82) is 0 Å². The van der Waals surface area contributed by atoms with Gasteiger partial charge in [-0.15, -0.1) is 0 Å². The fourth-order valence-corrected chi connectivity index (χ4v) is 8.09. The molecule has 4 saturated carbocycles. The summed E-state index contributed by atoms with van der Waals surface area (Å²) in [5.74, 6) is 0.654. The predicted molar refractivity (Wildman–Crippen MR) is 91.1 cm³/mol. The highest BCUT2D eigenvalue weighted by Gasteiger charge is 2.74. The van der Waals surface area contributed by atoms with E-state index >= 15 is 0 Å². The number of fused-ring (bicyclic) bond motifs is 2. The highest BCUT2D eigenvalue weighted by molar-refractivity contribution is 5.22. The van der Waals surface area contributed by atoms with Crippen molar-refractivity contribution in [3.8, 4) is 0 Å². The molecule has 4 N–H and O–H groups in total. The van der Waals surface area contributed by atoms with Crippen LogP contribution in [0.1, 0.15) is 66.2 Å². The highest BCUT2D eigenvalue weighted by atomic mass is 16.3. The first kappa shape index (κ1) is 17.3. The van der Waals surface area contributed by atoms with Crippen LogP contribution in [-0.2, 0) is 0 Å². The monoisotopic (exact) mass is 338 g/mol. The number of aliphatic hydroxyl groups is 4. The van der Waals surface area contributed by atoms with Crippen LogP contribution in [-0.4, -0.2) is 44.3 Å². The van der Waals surface area contributed by atoms with Crippen LogP contribution in [0.25, 0.3) is 0 Å². The lowest BCUT2D eigenvalue weighted by molar-refractivity contribution is -0.258. The largest absolute Gasteiger partial charge is 0.392 e. The molecule has 4 aliphatic rings. The number of hydrogen-bond acceptors (Lipinski definition) is 4. The summed E-state index contributed by atoms with van der Waals surface area (Å²) in [5.41, 5.74) is -1.55. The second kappa shape index (κ2) is 4.76. The second-order valence-corrected chi connectivity index (χ2v) is 10.5. The van der Waals surface area contributed by atoms with Gasteiger partial charge in [-0.3, -0.25) is 0 Å². The molecule has 2 bridgehead atoms. The summed E-state index contributed by atoms with van der Waals surface area (Å²) in [4.78, 5) is 0. The average Bonchev–Trinajstić information content (AvgIpc) is 2.70. The van der Waals surface area contributed by atoms with Crippen LogP contribution in [0.15, 0.2) is 0 Å². The second-order valence-electron chi connectivity index (χ2n) is 10.5. The van der Waals surface area contributed by atoms with E-state index in [1.807, 2.05) is 6.92 Å². The molecule has 4 heteroatoms. The molecule has 24 heavy (non-hydrogen) atoms. The Morgan fingerprint density at radius 2 is 1.54 bits per heavy atom. The van der Waals surface area contributed by atoms with Gasteiger partial charge in [0.2, 0.25) is 0 Å². The smallest absolute Gasteiger partial charge is 0.0852 e. The average molecular weight is 338 g/mol. The zero-order valence-corrected chi connectivity index (χ0v) is 15.5. The van der Waals surface area contributed by atoms with Gasteiger partial charge in [0, 0.05) is 11.3 Å². The van der Waals surface area contributed by atoms with Crippen LogP contribution in [0.5, 0.6) is 0 Å². The van der Waals surface area contributed by atoms with Crippen molar-refractivity contribution >= 4 is 0 Å². The van der Waals surface area contributed by atoms with E-state index in [2.05, 4.69) is 20.8 Å². The van der Waals surface area contributed by atoms with E-state index in [1.165, 1.54) is 0 Å². The topological polar surface area (TPSA) is 80.9 Å². The van der Waals surface area contributed by atoms with Crippen LogP contribution in [0.2, 0.25) is 0 Å². The molecule has 9 atom stereocenters. The molecule has 0 aromatic heterocycles. The zero-order valence-electron chi connectivity index (χ0n) is 15.5. The Morgan fingerprint density at radius 1 is 0.875 bits per heavy atom. The van der Waals surface area contributed by atoms with Gasteiger partial charge in [-0.1, -0.05) is 20.8 Å². The third kappa shape index (κ3) is 1.74. The molecule has 4 nitrogen and oxygen atoms in total. The molecule has 0 aromatic carbocycles. The van der Waals surface area contributed by atoms with Gasteiger partial charge in [0.25, 0.3) is 0 Å². The maximum atomic E-state index is 11.4. The third-order valence-electron chi connectivity index (χ3n) is 9.31. The zero-order chi connectivity index (χ0) is 17.7. The molecule has 0 saturated heterocycles. The van der Waals surface area contributed by atoms with Gasteiger partial charge < -0.3 is 20.4 Å². The lowest BCUT2D eigenvalue weighted by atomic mass is 9.38. The fraction of sp³-hybridized carbons (Fsp3) is 1.00. The Morgan fingerprint density at radius 3 is 2.21 bits per heavy atom. The number of rotatable bonds is 0. The fourth-order valence-electron chi connectivity index (χ4n) is 8.09. The van der Waals surface area contributed by atoms with E-state index in [1.54, 1.807) is 0 Å². The molecule has 0 amide bonds.